The van der Waals surface area contributed by atoms with Crippen LogP contribution >= 0.6 is 22.9 Å². The van der Waals surface area contributed by atoms with Crippen LogP contribution in [0, 0.1) is 12.8 Å². The Labute approximate surface area is 206 Å². The van der Waals surface area contributed by atoms with Gasteiger partial charge in [-0.05, 0) is 49.6 Å². The van der Waals surface area contributed by atoms with Crippen LogP contribution in [0.15, 0.2) is 48.5 Å². The van der Waals surface area contributed by atoms with Gasteiger partial charge in [-0.25, -0.2) is 0 Å². The van der Waals surface area contributed by atoms with E-state index in [1.807, 2.05) is 31.2 Å². The zero-order valence-electron chi connectivity index (χ0n) is 18.6. The van der Waals surface area contributed by atoms with Gasteiger partial charge < -0.3 is 15.5 Å². The molecular weight excluding hydrogens is 474 g/mol. The number of piperidine rings is 1. The van der Waals surface area contributed by atoms with Crippen LogP contribution in [0.5, 0.6) is 0 Å². The van der Waals surface area contributed by atoms with Crippen molar-refractivity contribution in [3.8, 4) is 0 Å². The number of benzene rings is 2. The number of aromatic nitrogens is 2. The first-order valence-electron chi connectivity index (χ1n) is 10.9. The summed E-state index contributed by atoms with van der Waals surface area (Å²) in [7, 11) is 0. The number of anilines is 1. The highest BCUT2D eigenvalue weighted by Gasteiger charge is 2.30. The van der Waals surface area contributed by atoms with E-state index in [-0.39, 0.29) is 27.7 Å². The van der Waals surface area contributed by atoms with Gasteiger partial charge in [0.1, 0.15) is 0 Å². The quantitative estimate of drug-likeness (QED) is 0.537. The minimum Gasteiger partial charge on any atom is -0.352 e. The zero-order chi connectivity index (χ0) is 24.1. The maximum absolute atomic E-state index is 13.0. The maximum Gasteiger partial charge on any atom is 0.286 e. The lowest BCUT2D eigenvalue weighted by Gasteiger charge is -2.31. The largest absolute Gasteiger partial charge is 0.352 e. The number of rotatable bonds is 6. The topological polar surface area (TPSA) is 104 Å². The number of nitrogens with zero attached hydrogens (tertiary/aromatic N) is 3. The Kier molecular flexibility index (Phi) is 7.54. The van der Waals surface area contributed by atoms with E-state index in [0.29, 0.717) is 36.8 Å². The van der Waals surface area contributed by atoms with Gasteiger partial charge in [-0.2, -0.15) is 0 Å². The molecule has 0 radical (unpaired) electrons. The van der Waals surface area contributed by atoms with Crippen molar-refractivity contribution < 1.29 is 14.4 Å². The SMILES string of the molecule is Cc1cccc(CNC(=O)C2CCCN(C(=O)c3nnc(C(=O)Nc4ccc(Cl)cc4)s3)C2)c1. The highest BCUT2D eigenvalue weighted by molar-refractivity contribution is 7.15. The van der Waals surface area contributed by atoms with Crippen LogP contribution in [0.2, 0.25) is 5.02 Å². The summed E-state index contributed by atoms with van der Waals surface area (Å²) in [5, 5.41) is 14.2. The third-order valence-corrected chi connectivity index (χ3v) is 6.69. The first-order valence-corrected chi connectivity index (χ1v) is 12.1. The van der Waals surface area contributed by atoms with Crippen molar-refractivity contribution in [3.63, 3.8) is 0 Å². The second kappa shape index (κ2) is 10.8. The molecule has 2 aromatic carbocycles. The molecule has 2 heterocycles. The van der Waals surface area contributed by atoms with Gasteiger partial charge in [-0.1, -0.05) is 52.8 Å². The lowest BCUT2D eigenvalue weighted by atomic mass is 9.97. The van der Waals surface area contributed by atoms with Gasteiger partial charge in [0.05, 0.1) is 5.92 Å². The molecule has 1 aliphatic rings. The molecule has 8 nitrogen and oxygen atoms in total. The predicted octanol–water partition coefficient (Wildman–Crippen LogP) is 3.92. The summed E-state index contributed by atoms with van der Waals surface area (Å²) in [6.07, 6.45) is 1.44. The molecule has 4 rings (SSSR count). The summed E-state index contributed by atoms with van der Waals surface area (Å²) in [5.74, 6) is -1.13. The molecule has 3 amide bonds. The van der Waals surface area contributed by atoms with Crippen molar-refractivity contribution in [2.24, 2.45) is 5.92 Å². The molecule has 1 fully saturated rings. The minimum atomic E-state index is -0.453. The van der Waals surface area contributed by atoms with E-state index in [0.717, 1.165) is 28.9 Å². The number of nitrogens with one attached hydrogen (secondary N) is 2. The number of carbonyl (C=O) groups excluding carboxylic acids is 3. The molecule has 1 aliphatic heterocycles. The molecule has 0 saturated carbocycles. The first kappa shape index (κ1) is 23.8. The van der Waals surface area contributed by atoms with Gasteiger partial charge in [0.25, 0.3) is 11.8 Å². The van der Waals surface area contributed by atoms with Crippen molar-refractivity contribution in [3.05, 3.63) is 74.7 Å². The van der Waals surface area contributed by atoms with Crippen LogP contribution in [0.4, 0.5) is 5.69 Å². The summed E-state index contributed by atoms with van der Waals surface area (Å²) in [6, 6.07) is 14.6. The number of aryl methyl sites for hydroxylation is 1. The Morgan fingerprint density at radius 3 is 2.65 bits per heavy atom. The van der Waals surface area contributed by atoms with Gasteiger partial charge in [0.15, 0.2) is 0 Å². The molecule has 0 bridgehead atoms. The van der Waals surface area contributed by atoms with Crippen molar-refractivity contribution in [1.82, 2.24) is 20.4 Å². The monoisotopic (exact) mass is 497 g/mol. The smallest absolute Gasteiger partial charge is 0.286 e. The fraction of sp³-hybridized carbons (Fsp3) is 0.292. The van der Waals surface area contributed by atoms with Crippen LogP contribution in [-0.2, 0) is 11.3 Å². The molecule has 34 heavy (non-hydrogen) atoms. The molecule has 1 atom stereocenters. The molecule has 176 valence electrons. The molecule has 3 aromatic rings. The molecular formula is C24H24ClN5O3S. The van der Waals surface area contributed by atoms with E-state index in [9.17, 15) is 14.4 Å². The van der Waals surface area contributed by atoms with Gasteiger partial charge in [0, 0.05) is 30.3 Å². The van der Waals surface area contributed by atoms with Gasteiger partial charge in [0.2, 0.25) is 15.9 Å². The lowest BCUT2D eigenvalue weighted by Crippen LogP contribution is -2.45. The number of hydrogen-bond donors (Lipinski definition) is 2. The minimum absolute atomic E-state index is 0.0701. The number of hydrogen-bond acceptors (Lipinski definition) is 6. The van der Waals surface area contributed by atoms with E-state index < -0.39 is 5.91 Å². The van der Waals surface area contributed by atoms with Crippen LogP contribution < -0.4 is 10.6 Å². The zero-order valence-corrected chi connectivity index (χ0v) is 20.2. The van der Waals surface area contributed by atoms with Crippen LogP contribution in [0.1, 0.15) is 43.6 Å². The second-order valence-corrected chi connectivity index (χ2v) is 9.58. The molecule has 1 unspecified atom stereocenters. The van der Waals surface area contributed by atoms with Crippen molar-refractivity contribution in [1.29, 1.82) is 0 Å². The summed E-state index contributed by atoms with van der Waals surface area (Å²) < 4.78 is 0. The van der Waals surface area contributed by atoms with Crippen molar-refractivity contribution >= 4 is 46.3 Å². The fourth-order valence-corrected chi connectivity index (χ4v) is 4.62. The van der Waals surface area contributed by atoms with E-state index in [2.05, 4.69) is 20.8 Å². The number of halogens is 1. The average molecular weight is 498 g/mol. The Hall–Kier alpha value is -3.30. The third kappa shape index (κ3) is 5.98. The van der Waals surface area contributed by atoms with E-state index in [4.69, 9.17) is 11.6 Å². The van der Waals surface area contributed by atoms with E-state index in [1.54, 1.807) is 29.2 Å². The Morgan fingerprint density at radius 2 is 1.88 bits per heavy atom. The molecule has 10 heteroatoms. The predicted molar refractivity (Wildman–Crippen MR) is 131 cm³/mol. The van der Waals surface area contributed by atoms with Crippen LogP contribution in [0.25, 0.3) is 0 Å². The number of likely N-dealkylation sites (tertiary alicyclic amines) is 1. The molecule has 1 aromatic heterocycles. The summed E-state index contributed by atoms with van der Waals surface area (Å²) in [4.78, 5) is 39.7. The van der Waals surface area contributed by atoms with E-state index in [1.165, 1.54) is 0 Å². The normalized spacial score (nSPS) is 15.6. The number of amides is 3. The summed E-state index contributed by atoms with van der Waals surface area (Å²) in [6.45, 7) is 3.31. The Balaban J connectivity index is 1.33. The summed E-state index contributed by atoms with van der Waals surface area (Å²) >= 11 is 6.79. The molecule has 0 aliphatic carbocycles. The lowest BCUT2D eigenvalue weighted by molar-refractivity contribution is -0.126. The van der Waals surface area contributed by atoms with Crippen LogP contribution in [0.3, 0.4) is 0 Å². The first-order chi connectivity index (χ1) is 16.4. The van der Waals surface area contributed by atoms with E-state index >= 15 is 0 Å². The summed E-state index contributed by atoms with van der Waals surface area (Å²) in [5.41, 5.74) is 2.74. The fourth-order valence-electron chi connectivity index (χ4n) is 3.79. The third-order valence-electron chi connectivity index (χ3n) is 5.53. The Bertz CT molecular complexity index is 1200. The standard InChI is InChI=1S/C24H24ClN5O3S/c1-15-4-2-5-16(12-15)13-26-20(31)17-6-3-11-30(14-17)24(33)23-29-28-22(34-23)21(32)27-19-9-7-18(25)8-10-19/h2,4-5,7-10,12,17H,3,6,11,13-14H2,1H3,(H,26,31)(H,27,32). The highest BCUT2D eigenvalue weighted by atomic mass is 35.5. The number of carbonyl (C=O) groups is 3. The molecule has 1 saturated heterocycles. The van der Waals surface area contributed by atoms with Gasteiger partial charge in [-0.3, -0.25) is 14.4 Å². The van der Waals surface area contributed by atoms with Crippen molar-refractivity contribution in [2.75, 3.05) is 18.4 Å². The van der Waals surface area contributed by atoms with Gasteiger partial charge >= 0.3 is 0 Å². The average Bonchev–Trinajstić information content (AvgIpc) is 3.34. The van der Waals surface area contributed by atoms with Crippen molar-refractivity contribution in [2.45, 2.75) is 26.3 Å². The van der Waals surface area contributed by atoms with Gasteiger partial charge in [-0.15, -0.1) is 10.2 Å². The highest BCUT2D eigenvalue weighted by Crippen LogP contribution is 2.21. The van der Waals surface area contributed by atoms with Crippen LogP contribution in [-0.4, -0.2) is 45.9 Å². The maximum atomic E-state index is 13.0. The molecule has 2 N–H and O–H groups in total. The second-order valence-electron chi connectivity index (χ2n) is 8.17. The Morgan fingerprint density at radius 1 is 1.12 bits per heavy atom. The molecule has 0 spiro atoms.